The van der Waals surface area contributed by atoms with Gasteiger partial charge in [-0.3, -0.25) is 0 Å². The lowest BCUT2D eigenvalue weighted by atomic mass is 10.4. The van der Waals surface area contributed by atoms with Crippen molar-refractivity contribution in [3.8, 4) is 0 Å². The summed E-state index contributed by atoms with van der Waals surface area (Å²) in [4.78, 5) is 0. The van der Waals surface area contributed by atoms with Crippen molar-refractivity contribution in [2.45, 2.75) is 32.0 Å². The molecule has 80 valence electrons. The Morgan fingerprint density at radius 1 is 1.14 bits per heavy atom. The standard InChI is InChI=1S/C10H20O2Si2/c1-5-13(3)10-8-7-9-11-14(4,6-2)12-13/h5-6H,1-2,7-10H2,3-4H3. The Bertz CT molecular complexity index is 210. The molecule has 2 unspecified atom stereocenters. The zero-order valence-corrected chi connectivity index (χ0v) is 11.2. The monoisotopic (exact) mass is 228 g/mol. The molecule has 14 heavy (non-hydrogen) atoms. The normalized spacial score (nSPS) is 39.6. The van der Waals surface area contributed by atoms with Crippen LogP contribution in [-0.2, 0) is 8.54 Å². The first-order chi connectivity index (χ1) is 6.54. The molecular formula is C10H20O2Si2. The highest BCUT2D eigenvalue weighted by Crippen LogP contribution is 2.25. The molecule has 2 atom stereocenters. The maximum absolute atomic E-state index is 6.18. The van der Waals surface area contributed by atoms with Gasteiger partial charge in [0.2, 0.25) is 8.32 Å². The summed E-state index contributed by atoms with van der Waals surface area (Å²) < 4.78 is 12.0. The summed E-state index contributed by atoms with van der Waals surface area (Å²) in [7, 11) is -3.82. The van der Waals surface area contributed by atoms with Gasteiger partial charge >= 0.3 is 8.56 Å². The van der Waals surface area contributed by atoms with Crippen LogP contribution in [0.25, 0.3) is 0 Å². The summed E-state index contributed by atoms with van der Waals surface area (Å²) in [5.41, 5.74) is 3.91. The van der Waals surface area contributed by atoms with Crippen LogP contribution in [0, 0.1) is 0 Å². The minimum Gasteiger partial charge on any atom is -0.429 e. The van der Waals surface area contributed by atoms with Crippen molar-refractivity contribution in [1.29, 1.82) is 0 Å². The van der Waals surface area contributed by atoms with Gasteiger partial charge in [-0.25, -0.2) is 0 Å². The second-order valence-corrected chi connectivity index (χ2v) is 11.2. The van der Waals surface area contributed by atoms with Crippen LogP contribution < -0.4 is 0 Å². The maximum atomic E-state index is 6.18. The molecule has 1 rings (SSSR count). The lowest BCUT2D eigenvalue weighted by Crippen LogP contribution is -2.49. The third-order valence-electron chi connectivity index (χ3n) is 2.69. The van der Waals surface area contributed by atoms with E-state index in [4.69, 9.17) is 8.54 Å². The quantitative estimate of drug-likeness (QED) is 0.677. The molecule has 0 aliphatic carbocycles. The summed E-state index contributed by atoms with van der Waals surface area (Å²) >= 11 is 0. The van der Waals surface area contributed by atoms with E-state index in [2.05, 4.69) is 26.3 Å². The van der Waals surface area contributed by atoms with Crippen LogP contribution >= 0.6 is 0 Å². The van der Waals surface area contributed by atoms with Gasteiger partial charge in [0.05, 0.1) is 0 Å². The average Bonchev–Trinajstić information content (AvgIpc) is 2.15. The average molecular weight is 228 g/mol. The molecule has 0 aromatic rings. The van der Waals surface area contributed by atoms with Crippen molar-refractivity contribution in [3.63, 3.8) is 0 Å². The lowest BCUT2D eigenvalue weighted by molar-refractivity contribution is 0.237. The third kappa shape index (κ3) is 2.91. The van der Waals surface area contributed by atoms with E-state index >= 15 is 0 Å². The smallest absolute Gasteiger partial charge is 0.351 e. The predicted octanol–water partition coefficient (Wildman–Crippen LogP) is 2.91. The van der Waals surface area contributed by atoms with Gasteiger partial charge in [-0.05, 0) is 25.6 Å². The minimum atomic E-state index is -2.10. The van der Waals surface area contributed by atoms with Gasteiger partial charge in [-0.2, -0.15) is 0 Å². The summed E-state index contributed by atoms with van der Waals surface area (Å²) in [5, 5.41) is 0. The molecule has 1 saturated heterocycles. The molecule has 4 heteroatoms. The van der Waals surface area contributed by atoms with E-state index in [9.17, 15) is 0 Å². The Hall–Kier alpha value is -0.166. The fraction of sp³-hybridized carbons (Fsp3) is 0.600. The van der Waals surface area contributed by atoms with Crippen LogP contribution in [0.1, 0.15) is 12.8 Å². The highest BCUT2D eigenvalue weighted by molar-refractivity contribution is 6.88. The van der Waals surface area contributed by atoms with E-state index in [1.54, 1.807) is 0 Å². The van der Waals surface area contributed by atoms with Crippen molar-refractivity contribution < 1.29 is 8.54 Å². The highest BCUT2D eigenvalue weighted by Gasteiger charge is 2.38. The molecule has 2 nitrogen and oxygen atoms in total. The van der Waals surface area contributed by atoms with E-state index in [0.29, 0.717) is 0 Å². The fourth-order valence-electron chi connectivity index (χ4n) is 1.64. The van der Waals surface area contributed by atoms with Gasteiger partial charge in [0.1, 0.15) is 0 Å². The van der Waals surface area contributed by atoms with E-state index in [1.165, 1.54) is 6.42 Å². The summed E-state index contributed by atoms with van der Waals surface area (Å²) in [6, 6.07) is 1.16. The van der Waals surface area contributed by atoms with Gasteiger partial charge in [-0.15, -0.1) is 13.2 Å². The number of hydrogen-bond donors (Lipinski definition) is 0. The molecule has 0 radical (unpaired) electrons. The third-order valence-corrected chi connectivity index (χ3v) is 9.91. The van der Waals surface area contributed by atoms with Crippen molar-refractivity contribution >= 4 is 16.9 Å². The van der Waals surface area contributed by atoms with Gasteiger partial charge in [0, 0.05) is 6.61 Å². The molecule has 1 aliphatic heterocycles. The molecule has 0 aromatic heterocycles. The predicted molar refractivity (Wildman–Crippen MR) is 64.7 cm³/mol. The molecule has 1 heterocycles. The van der Waals surface area contributed by atoms with Gasteiger partial charge in [0.15, 0.2) is 0 Å². The van der Waals surface area contributed by atoms with Gasteiger partial charge in [-0.1, -0.05) is 17.8 Å². The highest BCUT2D eigenvalue weighted by atomic mass is 28.4. The second kappa shape index (κ2) is 4.57. The minimum absolute atomic E-state index is 0.816. The van der Waals surface area contributed by atoms with E-state index in [-0.39, 0.29) is 0 Å². The van der Waals surface area contributed by atoms with Gasteiger partial charge < -0.3 is 8.54 Å². The first-order valence-electron chi connectivity index (χ1n) is 5.15. The first-order valence-corrected chi connectivity index (χ1v) is 10.2. The summed E-state index contributed by atoms with van der Waals surface area (Å²) in [5.74, 6) is 0. The Labute approximate surface area is 89.0 Å². The molecule has 0 bridgehead atoms. The lowest BCUT2D eigenvalue weighted by Gasteiger charge is -2.36. The molecule has 0 amide bonds. The Kier molecular flexibility index (Phi) is 3.89. The molecule has 0 saturated carbocycles. The SMILES string of the molecule is C=C[Si]1(C)CCCCO[Si](C)(C=C)O1. The topological polar surface area (TPSA) is 18.5 Å². The Balaban J connectivity index is 2.79. The van der Waals surface area contributed by atoms with E-state index < -0.39 is 16.9 Å². The van der Waals surface area contributed by atoms with Crippen LogP contribution in [0.2, 0.25) is 19.1 Å². The van der Waals surface area contributed by atoms with Crippen LogP contribution in [0.4, 0.5) is 0 Å². The Morgan fingerprint density at radius 2 is 1.86 bits per heavy atom. The summed E-state index contributed by atoms with van der Waals surface area (Å²) in [6.45, 7) is 12.8. The molecule has 0 aromatic carbocycles. The van der Waals surface area contributed by atoms with Crippen molar-refractivity contribution in [2.24, 2.45) is 0 Å². The first kappa shape index (κ1) is 11.9. The van der Waals surface area contributed by atoms with Crippen molar-refractivity contribution in [2.75, 3.05) is 6.61 Å². The van der Waals surface area contributed by atoms with Crippen LogP contribution in [0.3, 0.4) is 0 Å². The van der Waals surface area contributed by atoms with Crippen LogP contribution in [0.15, 0.2) is 24.6 Å². The van der Waals surface area contributed by atoms with Crippen LogP contribution in [-0.4, -0.2) is 23.5 Å². The fourth-order valence-corrected chi connectivity index (χ4v) is 8.48. The zero-order valence-electron chi connectivity index (χ0n) is 9.21. The second-order valence-electron chi connectivity index (χ2n) is 4.14. The summed E-state index contributed by atoms with van der Waals surface area (Å²) in [6.07, 6.45) is 2.33. The van der Waals surface area contributed by atoms with E-state index in [1.807, 2.05) is 11.4 Å². The number of hydrogen-bond acceptors (Lipinski definition) is 2. The molecule has 1 aliphatic rings. The van der Waals surface area contributed by atoms with Crippen molar-refractivity contribution in [1.82, 2.24) is 0 Å². The zero-order chi connectivity index (χ0) is 10.7. The maximum Gasteiger partial charge on any atom is 0.351 e. The largest absolute Gasteiger partial charge is 0.429 e. The van der Waals surface area contributed by atoms with Crippen LogP contribution in [0.5, 0.6) is 0 Å². The molecule has 1 fully saturated rings. The molecule has 0 N–H and O–H groups in total. The van der Waals surface area contributed by atoms with Gasteiger partial charge in [0.25, 0.3) is 0 Å². The molecular weight excluding hydrogens is 208 g/mol. The Morgan fingerprint density at radius 3 is 2.43 bits per heavy atom. The molecule has 0 spiro atoms. The number of rotatable bonds is 2. The van der Waals surface area contributed by atoms with E-state index in [0.717, 1.165) is 19.1 Å². The van der Waals surface area contributed by atoms with Crippen molar-refractivity contribution in [3.05, 3.63) is 24.6 Å².